The summed E-state index contributed by atoms with van der Waals surface area (Å²) < 4.78 is 0. The van der Waals surface area contributed by atoms with Crippen molar-refractivity contribution < 1.29 is 10.2 Å². The summed E-state index contributed by atoms with van der Waals surface area (Å²) in [5, 5.41) is 19.2. The Hall–Kier alpha value is -0.340. The van der Waals surface area contributed by atoms with Gasteiger partial charge < -0.3 is 10.2 Å². The smallest absolute Gasteiger partial charge is 0.0877 e. The highest BCUT2D eigenvalue weighted by molar-refractivity contribution is 5.14. The van der Waals surface area contributed by atoms with Gasteiger partial charge in [0.1, 0.15) is 0 Å². The van der Waals surface area contributed by atoms with Crippen molar-refractivity contribution in [2.75, 3.05) is 6.61 Å². The normalized spacial score (nSPS) is 35.3. The maximum atomic E-state index is 10.1. The lowest BCUT2D eigenvalue weighted by molar-refractivity contribution is -0.0602. The molecular weight excluding hydrogens is 188 g/mol. The van der Waals surface area contributed by atoms with Gasteiger partial charge in [-0.2, -0.15) is 0 Å². The molecule has 2 aliphatic rings. The highest BCUT2D eigenvalue weighted by atomic mass is 16.3. The van der Waals surface area contributed by atoms with Crippen molar-refractivity contribution >= 4 is 0 Å². The van der Waals surface area contributed by atoms with Crippen molar-refractivity contribution in [2.24, 2.45) is 11.8 Å². The molecule has 0 saturated heterocycles. The molecule has 2 heteroatoms. The van der Waals surface area contributed by atoms with Crippen molar-refractivity contribution in [1.82, 2.24) is 0 Å². The quantitative estimate of drug-likeness (QED) is 0.686. The predicted octanol–water partition coefficient (Wildman–Crippen LogP) is 2.26. The number of hydrogen-bond acceptors (Lipinski definition) is 2. The fourth-order valence-electron chi connectivity index (χ4n) is 3.08. The van der Waals surface area contributed by atoms with Crippen molar-refractivity contribution in [3.8, 4) is 0 Å². The maximum Gasteiger partial charge on any atom is 0.0877 e. The van der Waals surface area contributed by atoms with E-state index in [0.717, 1.165) is 19.3 Å². The molecule has 0 spiro atoms. The largest absolute Gasteiger partial charge is 0.393 e. The van der Waals surface area contributed by atoms with E-state index in [1.165, 1.54) is 19.3 Å². The fourth-order valence-corrected chi connectivity index (χ4v) is 3.08. The van der Waals surface area contributed by atoms with E-state index in [2.05, 4.69) is 6.08 Å². The van der Waals surface area contributed by atoms with Crippen LogP contribution in [0.3, 0.4) is 0 Å². The Morgan fingerprint density at radius 2 is 2.27 bits per heavy atom. The number of rotatable bonds is 2. The molecular formula is C13H22O2. The number of allylic oxidation sites excluding steroid dienone is 2. The molecule has 2 N–H and O–H groups in total. The standard InChI is InChI=1S/C13H22O2/c1-13(15,9-14)12-7-6-10-4-2-3-5-11(10)8-12/h4,11-12,14-15H,2-3,5-9H2,1H3/t11?,12-,13?/m1/s1. The van der Waals surface area contributed by atoms with Crippen LogP contribution in [0.5, 0.6) is 0 Å². The van der Waals surface area contributed by atoms with Crippen molar-refractivity contribution in [3.63, 3.8) is 0 Å². The Labute approximate surface area is 92.0 Å². The van der Waals surface area contributed by atoms with E-state index in [0.29, 0.717) is 5.92 Å². The van der Waals surface area contributed by atoms with Crippen molar-refractivity contribution in [2.45, 2.75) is 51.0 Å². The molecule has 2 aliphatic carbocycles. The summed E-state index contributed by atoms with van der Waals surface area (Å²) in [6.45, 7) is 1.67. The van der Waals surface area contributed by atoms with E-state index in [1.54, 1.807) is 12.5 Å². The van der Waals surface area contributed by atoms with Gasteiger partial charge in [-0.05, 0) is 57.3 Å². The zero-order valence-electron chi connectivity index (χ0n) is 9.58. The van der Waals surface area contributed by atoms with Crippen LogP contribution in [-0.2, 0) is 0 Å². The van der Waals surface area contributed by atoms with Gasteiger partial charge in [-0.15, -0.1) is 0 Å². The minimum absolute atomic E-state index is 0.108. The molecule has 0 heterocycles. The van der Waals surface area contributed by atoms with E-state index in [4.69, 9.17) is 0 Å². The van der Waals surface area contributed by atoms with Crippen molar-refractivity contribution in [3.05, 3.63) is 11.6 Å². The average Bonchev–Trinajstić information content (AvgIpc) is 2.28. The molecule has 86 valence electrons. The van der Waals surface area contributed by atoms with Gasteiger partial charge in [0.05, 0.1) is 12.2 Å². The highest BCUT2D eigenvalue weighted by Crippen LogP contribution is 2.42. The Morgan fingerprint density at radius 1 is 1.47 bits per heavy atom. The minimum Gasteiger partial charge on any atom is -0.393 e. The number of hydrogen-bond donors (Lipinski definition) is 2. The van der Waals surface area contributed by atoms with E-state index in [9.17, 15) is 10.2 Å². The lowest BCUT2D eigenvalue weighted by Crippen LogP contribution is -2.41. The maximum absolute atomic E-state index is 10.1. The third-order valence-electron chi connectivity index (χ3n) is 4.24. The first kappa shape index (κ1) is 11.2. The molecule has 0 bridgehead atoms. The van der Waals surface area contributed by atoms with Crippen LogP contribution in [0.1, 0.15) is 45.4 Å². The lowest BCUT2D eigenvalue weighted by atomic mass is 9.68. The van der Waals surface area contributed by atoms with Crippen LogP contribution in [0.15, 0.2) is 11.6 Å². The predicted molar refractivity (Wildman–Crippen MR) is 60.5 cm³/mol. The van der Waals surface area contributed by atoms with E-state index in [-0.39, 0.29) is 12.5 Å². The first-order chi connectivity index (χ1) is 7.13. The molecule has 0 amide bonds. The third-order valence-corrected chi connectivity index (χ3v) is 4.24. The minimum atomic E-state index is -0.872. The first-order valence-corrected chi connectivity index (χ1v) is 6.15. The average molecular weight is 210 g/mol. The Morgan fingerprint density at radius 3 is 3.00 bits per heavy atom. The van der Waals surface area contributed by atoms with Crippen LogP contribution in [0.2, 0.25) is 0 Å². The van der Waals surface area contributed by atoms with E-state index < -0.39 is 5.60 Å². The second kappa shape index (κ2) is 4.26. The molecule has 0 aromatic carbocycles. The lowest BCUT2D eigenvalue weighted by Gasteiger charge is -2.40. The molecule has 1 saturated carbocycles. The number of aliphatic hydroxyl groups excluding tert-OH is 1. The second-order valence-corrected chi connectivity index (χ2v) is 5.39. The summed E-state index contributed by atoms with van der Waals surface area (Å²) in [5.74, 6) is 0.971. The molecule has 15 heavy (non-hydrogen) atoms. The Kier molecular flexibility index (Phi) is 3.17. The van der Waals surface area contributed by atoms with Gasteiger partial charge >= 0.3 is 0 Å². The highest BCUT2D eigenvalue weighted by Gasteiger charge is 2.37. The zero-order chi connectivity index (χ0) is 10.9. The van der Waals surface area contributed by atoms with Crippen LogP contribution >= 0.6 is 0 Å². The number of fused-ring (bicyclic) bond motifs is 1. The van der Waals surface area contributed by atoms with Gasteiger partial charge in [-0.1, -0.05) is 11.6 Å². The topological polar surface area (TPSA) is 40.5 Å². The van der Waals surface area contributed by atoms with Gasteiger partial charge in [0.25, 0.3) is 0 Å². The van der Waals surface area contributed by atoms with Crippen molar-refractivity contribution in [1.29, 1.82) is 0 Å². The summed E-state index contributed by atoms with van der Waals surface area (Å²) in [5.41, 5.74) is 0.745. The molecule has 0 aromatic rings. The van der Waals surface area contributed by atoms with Gasteiger partial charge in [0.2, 0.25) is 0 Å². The zero-order valence-corrected chi connectivity index (χ0v) is 9.58. The molecule has 2 unspecified atom stereocenters. The molecule has 0 radical (unpaired) electrons. The van der Waals surface area contributed by atoms with Crippen LogP contribution < -0.4 is 0 Å². The van der Waals surface area contributed by atoms with Gasteiger partial charge in [-0.25, -0.2) is 0 Å². The van der Waals surface area contributed by atoms with Gasteiger partial charge in [0.15, 0.2) is 0 Å². The summed E-state index contributed by atoms with van der Waals surface area (Å²) in [7, 11) is 0. The summed E-state index contributed by atoms with van der Waals surface area (Å²) in [4.78, 5) is 0. The second-order valence-electron chi connectivity index (χ2n) is 5.39. The molecule has 1 fully saturated rings. The van der Waals surface area contributed by atoms with Crippen LogP contribution in [0.25, 0.3) is 0 Å². The molecule has 2 rings (SSSR count). The van der Waals surface area contributed by atoms with Crippen LogP contribution in [-0.4, -0.2) is 22.4 Å². The summed E-state index contributed by atoms with van der Waals surface area (Å²) in [6.07, 6.45) is 9.46. The van der Waals surface area contributed by atoms with E-state index >= 15 is 0 Å². The monoisotopic (exact) mass is 210 g/mol. The molecule has 0 aromatic heterocycles. The van der Waals surface area contributed by atoms with Crippen LogP contribution in [0.4, 0.5) is 0 Å². The molecule has 3 atom stereocenters. The SMILES string of the molecule is CC(O)(CO)[C@@H]1CCC2=CCCCC2C1. The summed E-state index contributed by atoms with van der Waals surface area (Å²) >= 11 is 0. The number of aliphatic hydroxyl groups is 2. The first-order valence-electron chi connectivity index (χ1n) is 6.15. The van der Waals surface area contributed by atoms with Crippen LogP contribution in [0, 0.1) is 11.8 Å². The van der Waals surface area contributed by atoms with E-state index in [1.807, 2.05) is 0 Å². The third kappa shape index (κ3) is 2.26. The fraction of sp³-hybridized carbons (Fsp3) is 0.846. The molecule has 2 nitrogen and oxygen atoms in total. The Bertz CT molecular complexity index is 255. The van der Waals surface area contributed by atoms with Gasteiger partial charge in [0, 0.05) is 0 Å². The summed E-state index contributed by atoms with van der Waals surface area (Å²) in [6, 6.07) is 0. The van der Waals surface area contributed by atoms with Gasteiger partial charge in [-0.3, -0.25) is 0 Å². The molecule has 0 aliphatic heterocycles. The Balaban J connectivity index is 2.03.